The molecule has 0 aromatic carbocycles. The van der Waals surface area contributed by atoms with Gasteiger partial charge in [0.2, 0.25) is 5.91 Å². The van der Waals surface area contributed by atoms with E-state index in [0.29, 0.717) is 13.2 Å². The molecule has 1 amide bonds. The number of aliphatic hydroxyl groups excluding tert-OH is 5. The highest BCUT2D eigenvalue weighted by Crippen LogP contribution is 2.34. The van der Waals surface area contributed by atoms with Crippen LogP contribution in [0.5, 0.6) is 0 Å². The molecule has 0 aromatic rings. The summed E-state index contributed by atoms with van der Waals surface area (Å²) in [5.74, 6) is -5.37. The molecular weight excluding hydrogens is 710 g/mol. The smallest absolute Gasteiger partial charge is 0.367 e. The number of unbranched alkanes of at least 4 members (excludes halogenated alkanes) is 22. The molecular formula is C42H81NO12. The maximum atomic E-state index is 12.7. The third-order valence-corrected chi connectivity index (χ3v) is 10.6. The van der Waals surface area contributed by atoms with Crippen LogP contribution < -0.4 is 5.32 Å². The summed E-state index contributed by atoms with van der Waals surface area (Å²) in [7, 11) is 0. The maximum Gasteiger partial charge on any atom is 0.367 e. The van der Waals surface area contributed by atoms with Gasteiger partial charge in [-0.3, -0.25) is 4.79 Å². The number of aliphatic hydroxyl groups is 5. The van der Waals surface area contributed by atoms with Crippen LogP contribution in [0.1, 0.15) is 175 Å². The van der Waals surface area contributed by atoms with Gasteiger partial charge in [0.25, 0.3) is 5.79 Å². The Labute approximate surface area is 332 Å². The van der Waals surface area contributed by atoms with Gasteiger partial charge in [0.15, 0.2) is 0 Å². The Balaban J connectivity index is 2.74. The van der Waals surface area contributed by atoms with Crippen LogP contribution >= 0.6 is 0 Å². The molecule has 326 valence electrons. The van der Waals surface area contributed by atoms with Gasteiger partial charge in [-0.1, -0.05) is 155 Å². The van der Waals surface area contributed by atoms with E-state index in [1.54, 1.807) is 0 Å². The van der Waals surface area contributed by atoms with Gasteiger partial charge in [-0.15, -0.1) is 0 Å². The molecule has 8 atom stereocenters. The zero-order chi connectivity index (χ0) is 40.7. The fourth-order valence-electron chi connectivity index (χ4n) is 7.14. The Bertz CT molecular complexity index is 944. The molecule has 7 N–H and O–H groups in total. The molecule has 0 spiro atoms. The summed E-state index contributed by atoms with van der Waals surface area (Å²) < 4.78 is 23.5. The van der Waals surface area contributed by atoms with Crippen molar-refractivity contribution >= 4 is 11.9 Å². The van der Waals surface area contributed by atoms with Crippen molar-refractivity contribution in [2.24, 2.45) is 0 Å². The second kappa shape index (κ2) is 32.5. The van der Waals surface area contributed by atoms with Crippen LogP contribution in [0.2, 0.25) is 0 Å². The number of hydrogen-bond donors (Lipinski definition) is 7. The lowest BCUT2D eigenvalue weighted by Crippen LogP contribution is -2.74. The largest absolute Gasteiger partial charge is 0.477 e. The van der Waals surface area contributed by atoms with E-state index in [9.17, 15) is 40.2 Å². The Morgan fingerprint density at radius 2 is 1.13 bits per heavy atom. The van der Waals surface area contributed by atoms with Gasteiger partial charge in [-0.25, -0.2) is 4.79 Å². The van der Waals surface area contributed by atoms with Crippen molar-refractivity contribution < 1.29 is 59.2 Å². The first-order chi connectivity index (χ1) is 26.5. The Morgan fingerprint density at radius 1 is 0.691 bits per heavy atom. The molecule has 0 aromatic heterocycles. The maximum absolute atomic E-state index is 12.7. The molecule has 0 radical (unpaired) electrons. The van der Waals surface area contributed by atoms with Crippen molar-refractivity contribution in [1.82, 2.24) is 5.32 Å². The van der Waals surface area contributed by atoms with Gasteiger partial charge < -0.3 is 54.9 Å². The number of carboxylic acids is 1. The van der Waals surface area contributed by atoms with E-state index in [-0.39, 0.29) is 6.61 Å². The number of ether oxygens (including phenoxy) is 4. The third-order valence-electron chi connectivity index (χ3n) is 10.6. The highest BCUT2D eigenvalue weighted by Gasteiger charge is 2.62. The normalized spacial score (nSPS) is 23.1. The summed E-state index contributed by atoms with van der Waals surface area (Å²) in [5.41, 5.74) is 0. The number of nitrogens with one attached hydrogen (secondary N) is 1. The Hall–Kier alpha value is -1.42. The van der Waals surface area contributed by atoms with Crippen LogP contribution in [0.3, 0.4) is 0 Å². The molecule has 1 rings (SSSR count). The highest BCUT2D eigenvalue weighted by atomic mass is 16.7. The van der Waals surface area contributed by atoms with Gasteiger partial charge in [-0.05, 0) is 12.8 Å². The molecule has 0 saturated carbocycles. The van der Waals surface area contributed by atoms with Crippen molar-refractivity contribution in [3.8, 4) is 0 Å². The molecule has 1 aliphatic rings. The predicted octanol–water partition coefficient (Wildman–Crippen LogP) is 5.93. The molecule has 13 heteroatoms. The van der Waals surface area contributed by atoms with E-state index in [1.165, 1.54) is 116 Å². The Morgan fingerprint density at radius 3 is 1.55 bits per heavy atom. The van der Waals surface area contributed by atoms with Crippen molar-refractivity contribution in [3.05, 3.63) is 0 Å². The lowest BCUT2D eigenvalue weighted by Gasteiger charge is -2.49. The zero-order valence-corrected chi connectivity index (χ0v) is 34.7. The number of hydrogen-bond acceptors (Lipinski definition) is 11. The second-order valence-corrected chi connectivity index (χ2v) is 15.6. The molecule has 13 nitrogen and oxygen atoms in total. The summed E-state index contributed by atoms with van der Waals surface area (Å²) >= 11 is 0. The molecule has 55 heavy (non-hydrogen) atoms. The van der Waals surface area contributed by atoms with Crippen LogP contribution in [0.25, 0.3) is 0 Å². The zero-order valence-electron chi connectivity index (χ0n) is 34.7. The molecule has 1 heterocycles. The number of aliphatic carboxylic acids is 1. The van der Waals surface area contributed by atoms with Gasteiger partial charge >= 0.3 is 5.97 Å². The van der Waals surface area contributed by atoms with Crippen molar-refractivity contribution in [2.45, 2.75) is 223 Å². The van der Waals surface area contributed by atoms with Crippen LogP contribution in [0.4, 0.5) is 0 Å². The Kier molecular flexibility index (Phi) is 30.5. The van der Waals surface area contributed by atoms with E-state index in [4.69, 9.17) is 18.9 Å². The first-order valence-corrected chi connectivity index (χ1v) is 21.9. The molecule has 0 unspecified atom stereocenters. The van der Waals surface area contributed by atoms with Crippen LogP contribution in [-0.2, 0) is 28.5 Å². The second-order valence-electron chi connectivity index (χ2n) is 15.6. The number of amides is 1. The number of carboxylic acid groups (broad SMARTS) is 1. The van der Waals surface area contributed by atoms with E-state index in [1.807, 2.05) is 0 Å². The molecule has 1 fully saturated rings. The van der Waals surface area contributed by atoms with Crippen LogP contribution in [0.15, 0.2) is 0 Å². The highest BCUT2D eigenvalue weighted by molar-refractivity contribution is 5.77. The standard InChI is InChI=1S/C42H81NO12/c1-4-6-8-10-12-14-16-18-20-22-24-26-28-52-31-34(53-29-27-25-23-21-19-17-15-13-11-9-7-5-2)32-54-42(41(50)51)40(49)38(48)36(43-33(3)45)39(55-42)37(47)35(46)30-44/h34-40,44,46-49H,4-32H2,1-3H3,(H,43,45)(H,50,51)/t34-,35+,36+,37+,38+,39+,40-,42+/m0/s1. The summed E-state index contributed by atoms with van der Waals surface area (Å²) in [6.07, 6.45) is 18.6. The number of carbonyl (C=O) groups excluding carboxylic acids is 1. The van der Waals surface area contributed by atoms with Gasteiger partial charge in [-0.2, -0.15) is 0 Å². The summed E-state index contributed by atoms with van der Waals surface area (Å²) in [6, 6.07) is -1.53. The van der Waals surface area contributed by atoms with Crippen LogP contribution in [-0.4, -0.2) is 124 Å². The monoisotopic (exact) mass is 792 g/mol. The summed E-state index contributed by atoms with van der Waals surface area (Å²) in [5, 5.41) is 65.0. The van der Waals surface area contributed by atoms with Gasteiger partial charge in [0.05, 0.1) is 25.9 Å². The minimum atomic E-state index is -2.90. The SMILES string of the molecule is CCCCCCCCCCCCCCOC[C@@H](CO[C@@]1(C(=O)O)O[C@@H]([C@H](O)[C@H](O)CO)[C@H](NC(C)=O)[C@@H](O)[C@@H]1O)OCCCCCCCCCCCCCC. The predicted molar refractivity (Wildman–Crippen MR) is 213 cm³/mol. The molecule has 0 bridgehead atoms. The first kappa shape index (κ1) is 51.6. The van der Waals surface area contributed by atoms with E-state index in [0.717, 1.165) is 45.4 Å². The van der Waals surface area contributed by atoms with E-state index in [2.05, 4.69) is 19.2 Å². The molecule has 1 saturated heterocycles. The van der Waals surface area contributed by atoms with Crippen molar-refractivity contribution in [1.29, 1.82) is 0 Å². The van der Waals surface area contributed by atoms with Crippen molar-refractivity contribution in [2.75, 3.05) is 33.0 Å². The minimum Gasteiger partial charge on any atom is -0.477 e. The summed E-state index contributed by atoms with van der Waals surface area (Å²) in [6.45, 7) is 5.24. The number of carbonyl (C=O) groups is 2. The van der Waals surface area contributed by atoms with Crippen molar-refractivity contribution in [3.63, 3.8) is 0 Å². The lowest BCUT2D eigenvalue weighted by atomic mass is 9.86. The van der Waals surface area contributed by atoms with Gasteiger partial charge in [0.1, 0.15) is 36.6 Å². The topological polar surface area (TPSA) is 204 Å². The summed E-state index contributed by atoms with van der Waals surface area (Å²) in [4.78, 5) is 24.6. The van der Waals surface area contributed by atoms with Gasteiger partial charge in [0, 0.05) is 20.1 Å². The fraction of sp³-hybridized carbons (Fsp3) is 0.952. The molecule has 0 aliphatic carbocycles. The van der Waals surface area contributed by atoms with E-state index < -0.39 is 73.5 Å². The average Bonchev–Trinajstić information content (AvgIpc) is 3.17. The third kappa shape index (κ3) is 21.8. The minimum absolute atomic E-state index is 0.0917. The fourth-order valence-corrected chi connectivity index (χ4v) is 7.14. The molecule has 1 aliphatic heterocycles. The van der Waals surface area contributed by atoms with E-state index >= 15 is 0 Å². The lowest BCUT2D eigenvalue weighted by molar-refractivity contribution is -0.351. The average molecular weight is 792 g/mol. The number of rotatable bonds is 37. The first-order valence-electron chi connectivity index (χ1n) is 21.9. The van der Waals surface area contributed by atoms with Crippen LogP contribution in [0, 0.1) is 0 Å². The quantitative estimate of drug-likeness (QED) is 0.0366.